The number of hydrogen-bond acceptors (Lipinski definition) is 3. The van der Waals surface area contributed by atoms with Crippen LogP contribution in [0.4, 0.5) is 4.79 Å². The third-order valence-electron chi connectivity index (χ3n) is 3.94. The summed E-state index contributed by atoms with van der Waals surface area (Å²) in [6.07, 6.45) is 7.06. The van der Waals surface area contributed by atoms with Crippen molar-refractivity contribution in [2.24, 2.45) is 0 Å². The van der Waals surface area contributed by atoms with E-state index in [9.17, 15) is 14.7 Å². The summed E-state index contributed by atoms with van der Waals surface area (Å²) in [5, 5.41) is 11.7. The number of amides is 1. The first kappa shape index (κ1) is 17.1. The molecule has 5 nitrogen and oxygen atoms in total. The Morgan fingerprint density at radius 2 is 2.00 bits per heavy atom. The van der Waals surface area contributed by atoms with Crippen molar-refractivity contribution in [1.82, 2.24) is 5.32 Å². The molecule has 2 N–H and O–H groups in total. The highest BCUT2D eigenvalue weighted by molar-refractivity contribution is 5.79. The second-order valence-electron chi connectivity index (χ2n) is 5.74. The van der Waals surface area contributed by atoms with Crippen molar-refractivity contribution in [3.8, 4) is 0 Å². The van der Waals surface area contributed by atoms with Crippen molar-refractivity contribution >= 4 is 12.1 Å². The molecule has 1 amide bonds. The molecule has 1 aliphatic carbocycles. The number of aliphatic carboxylic acids is 1. The van der Waals surface area contributed by atoms with Gasteiger partial charge in [0.2, 0.25) is 0 Å². The maximum Gasteiger partial charge on any atom is 0.408 e. The molecule has 1 aliphatic rings. The molecule has 5 heteroatoms. The molecule has 23 heavy (non-hydrogen) atoms. The molecular weight excluding hydrogens is 294 g/mol. The molecule has 0 aliphatic heterocycles. The first-order valence-electron chi connectivity index (χ1n) is 8.03. The van der Waals surface area contributed by atoms with Crippen LogP contribution in [0.5, 0.6) is 0 Å². The summed E-state index contributed by atoms with van der Waals surface area (Å²) in [6.45, 7) is 0.129. The zero-order valence-corrected chi connectivity index (χ0v) is 13.2. The molecule has 0 radical (unpaired) electrons. The maximum atomic E-state index is 11.8. The minimum absolute atomic E-state index is 0.129. The number of nitrogens with one attached hydrogen (secondary N) is 1. The van der Waals surface area contributed by atoms with E-state index < -0.39 is 18.1 Å². The van der Waals surface area contributed by atoms with Crippen molar-refractivity contribution in [2.75, 3.05) is 0 Å². The number of hydrogen-bond donors (Lipinski definition) is 2. The van der Waals surface area contributed by atoms with Crippen LogP contribution in [-0.2, 0) is 16.1 Å². The number of benzene rings is 1. The Morgan fingerprint density at radius 3 is 2.65 bits per heavy atom. The zero-order valence-electron chi connectivity index (χ0n) is 13.2. The number of ether oxygens (including phenoxy) is 1. The van der Waals surface area contributed by atoms with Crippen LogP contribution in [0.25, 0.3) is 0 Å². The summed E-state index contributed by atoms with van der Waals surface area (Å²) in [7, 11) is 0. The van der Waals surface area contributed by atoms with E-state index in [2.05, 4.69) is 11.4 Å². The number of rotatable bonds is 7. The van der Waals surface area contributed by atoms with Gasteiger partial charge in [-0.25, -0.2) is 9.59 Å². The maximum absolute atomic E-state index is 11.8. The van der Waals surface area contributed by atoms with Gasteiger partial charge in [-0.3, -0.25) is 0 Å². The standard InChI is InChI=1S/C18H23NO4/c20-17(21)16(12-11-14-7-3-1-4-8-14)19-18(22)23-13-15-9-5-2-6-10-15/h2,5-7,9-10,16H,1,3-4,8,11-13H2,(H,19,22)(H,20,21). The van der Waals surface area contributed by atoms with Crippen molar-refractivity contribution < 1.29 is 19.4 Å². The minimum atomic E-state index is -1.03. The van der Waals surface area contributed by atoms with Crippen molar-refractivity contribution in [3.63, 3.8) is 0 Å². The number of allylic oxidation sites excluding steroid dienone is 2. The van der Waals surface area contributed by atoms with Gasteiger partial charge in [0.1, 0.15) is 12.6 Å². The smallest absolute Gasteiger partial charge is 0.408 e. The quantitative estimate of drug-likeness (QED) is 0.753. The fourth-order valence-electron chi connectivity index (χ4n) is 2.63. The number of carbonyl (C=O) groups is 2. The molecule has 0 heterocycles. The van der Waals surface area contributed by atoms with E-state index in [4.69, 9.17) is 4.74 Å². The predicted octanol–water partition coefficient (Wildman–Crippen LogP) is 3.65. The molecule has 2 rings (SSSR count). The van der Waals surface area contributed by atoms with Crippen LogP contribution in [0.1, 0.15) is 44.1 Å². The highest BCUT2D eigenvalue weighted by Crippen LogP contribution is 2.22. The fourth-order valence-corrected chi connectivity index (χ4v) is 2.63. The lowest BCUT2D eigenvalue weighted by Gasteiger charge is -2.17. The molecular formula is C18H23NO4. The number of alkyl carbamates (subject to hydrolysis) is 1. The SMILES string of the molecule is O=C(NC(CCC1=CCCCC1)C(=O)O)OCc1ccccc1. The Hall–Kier alpha value is -2.30. The van der Waals surface area contributed by atoms with Crippen LogP contribution in [0.15, 0.2) is 42.0 Å². The molecule has 1 unspecified atom stereocenters. The topological polar surface area (TPSA) is 75.6 Å². The molecule has 1 atom stereocenters. The Kier molecular flexibility index (Phi) is 6.66. The van der Waals surface area contributed by atoms with E-state index in [0.29, 0.717) is 12.8 Å². The lowest BCUT2D eigenvalue weighted by molar-refractivity contribution is -0.139. The Balaban J connectivity index is 1.77. The highest BCUT2D eigenvalue weighted by Gasteiger charge is 2.21. The van der Waals surface area contributed by atoms with Crippen LogP contribution < -0.4 is 5.32 Å². The first-order chi connectivity index (χ1) is 11.1. The third-order valence-corrected chi connectivity index (χ3v) is 3.94. The normalized spacial score (nSPS) is 15.4. The molecule has 0 spiro atoms. The van der Waals surface area contributed by atoms with Gasteiger partial charge in [-0.1, -0.05) is 42.0 Å². The second kappa shape index (κ2) is 8.98. The van der Waals surface area contributed by atoms with Gasteiger partial charge in [-0.15, -0.1) is 0 Å². The summed E-state index contributed by atoms with van der Waals surface area (Å²) in [4.78, 5) is 23.1. The molecule has 1 aromatic carbocycles. The van der Waals surface area contributed by atoms with Gasteiger partial charge in [-0.2, -0.15) is 0 Å². The van der Waals surface area contributed by atoms with Gasteiger partial charge < -0.3 is 15.2 Å². The fraction of sp³-hybridized carbons (Fsp3) is 0.444. The summed E-state index contributed by atoms with van der Waals surface area (Å²) < 4.78 is 5.07. The molecule has 0 aromatic heterocycles. The molecule has 0 saturated carbocycles. The van der Waals surface area contributed by atoms with E-state index in [-0.39, 0.29) is 6.61 Å². The summed E-state index contributed by atoms with van der Waals surface area (Å²) in [5.41, 5.74) is 2.16. The largest absolute Gasteiger partial charge is 0.480 e. The minimum Gasteiger partial charge on any atom is -0.480 e. The Labute approximate surface area is 136 Å². The zero-order chi connectivity index (χ0) is 16.5. The van der Waals surface area contributed by atoms with E-state index in [1.54, 1.807) is 0 Å². The summed E-state index contributed by atoms with van der Waals surface area (Å²) in [6, 6.07) is 8.36. The summed E-state index contributed by atoms with van der Waals surface area (Å²) >= 11 is 0. The third kappa shape index (κ3) is 6.14. The monoisotopic (exact) mass is 317 g/mol. The molecule has 0 fully saturated rings. The van der Waals surface area contributed by atoms with Crippen LogP contribution in [0.3, 0.4) is 0 Å². The van der Waals surface area contributed by atoms with Gasteiger partial charge in [0.25, 0.3) is 0 Å². The van der Waals surface area contributed by atoms with Gasteiger partial charge in [0.15, 0.2) is 0 Å². The molecule has 0 bridgehead atoms. The molecule has 0 saturated heterocycles. The number of carboxylic acids is 1. The van der Waals surface area contributed by atoms with Crippen molar-refractivity contribution in [2.45, 2.75) is 51.2 Å². The highest BCUT2D eigenvalue weighted by atomic mass is 16.5. The second-order valence-corrected chi connectivity index (χ2v) is 5.74. The van der Waals surface area contributed by atoms with E-state index >= 15 is 0 Å². The van der Waals surface area contributed by atoms with Crippen LogP contribution >= 0.6 is 0 Å². The lowest BCUT2D eigenvalue weighted by atomic mass is 9.94. The van der Waals surface area contributed by atoms with E-state index in [0.717, 1.165) is 24.8 Å². The molecule has 1 aromatic rings. The van der Waals surface area contributed by atoms with Gasteiger partial charge in [0.05, 0.1) is 0 Å². The predicted molar refractivity (Wildman–Crippen MR) is 87.0 cm³/mol. The van der Waals surface area contributed by atoms with E-state index in [1.807, 2.05) is 30.3 Å². The molecule has 124 valence electrons. The van der Waals surface area contributed by atoms with Crippen LogP contribution in [0, 0.1) is 0 Å². The van der Waals surface area contributed by atoms with E-state index in [1.165, 1.54) is 12.0 Å². The Morgan fingerprint density at radius 1 is 1.22 bits per heavy atom. The average molecular weight is 317 g/mol. The van der Waals surface area contributed by atoms with Gasteiger partial charge in [0, 0.05) is 0 Å². The number of carbonyl (C=O) groups excluding carboxylic acids is 1. The van der Waals surface area contributed by atoms with Crippen molar-refractivity contribution in [1.29, 1.82) is 0 Å². The first-order valence-corrected chi connectivity index (χ1v) is 8.03. The van der Waals surface area contributed by atoms with Crippen LogP contribution in [0.2, 0.25) is 0 Å². The van der Waals surface area contributed by atoms with Crippen LogP contribution in [-0.4, -0.2) is 23.2 Å². The van der Waals surface area contributed by atoms with Gasteiger partial charge >= 0.3 is 12.1 Å². The van der Waals surface area contributed by atoms with Crippen molar-refractivity contribution in [3.05, 3.63) is 47.5 Å². The number of carboxylic acid groups (broad SMARTS) is 1. The average Bonchev–Trinajstić information content (AvgIpc) is 2.58. The lowest BCUT2D eigenvalue weighted by Crippen LogP contribution is -2.41. The van der Waals surface area contributed by atoms with Gasteiger partial charge in [-0.05, 0) is 44.1 Å². The summed E-state index contributed by atoms with van der Waals surface area (Å²) in [5.74, 6) is -1.03. The Bertz CT molecular complexity index is 553.